The number of nitrogens with one attached hydrogen (secondary N) is 1. The van der Waals surface area contributed by atoms with Crippen LogP contribution in [0.4, 0.5) is 4.39 Å². The van der Waals surface area contributed by atoms with E-state index >= 15 is 0 Å². The number of sulfonamides is 1. The van der Waals surface area contributed by atoms with Gasteiger partial charge in [-0.05, 0) is 18.6 Å². The van der Waals surface area contributed by atoms with Gasteiger partial charge in [0.2, 0.25) is 10.0 Å². The molecule has 0 saturated heterocycles. The predicted octanol–water partition coefficient (Wildman–Crippen LogP) is 0.625. The zero-order valence-corrected chi connectivity index (χ0v) is 13.4. The van der Waals surface area contributed by atoms with Crippen LogP contribution in [0.5, 0.6) is 0 Å². The number of rotatable bonds is 6. The Morgan fingerprint density at radius 2 is 2.10 bits per heavy atom. The fourth-order valence-corrected chi connectivity index (χ4v) is 2.76. The number of benzene rings is 1. The molecule has 0 heterocycles. The van der Waals surface area contributed by atoms with Crippen LogP contribution >= 0.6 is 11.6 Å². The van der Waals surface area contributed by atoms with E-state index in [9.17, 15) is 21.8 Å². The summed E-state index contributed by atoms with van der Waals surface area (Å²) in [5, 5.41) is 6.85. The van der Waals surface area contributed by atoms with Crippen molar-refractivity contribution in [2.45, 2.75) is 11.3 Å². The fraction of sp³-hybridized carbons (Fsp3) is 0.364. The first-order chi connectivity index (χ1) is 9.62. The van der Waals surface area contributed by atoms with Crippen LogP contribution < -0.4 is 10.5 Å². The first-order valence-electron chi connectivity index (χ1n) is 5.73. The van der Waals surface area contributed by atoms with Crippen molar-refractivity contribution in [3.8, 4) is 0 Å². The molecule has 1 atom stereocenters. The van der Waals surface area contributed by atoms with Crippen LogP contribution in [-0.4, -0.2) is 37.1 Å². The minimum atomic E-state index is -4.15. The summed E-state index contributed by atoms with van der Waals surface area (Å²) in [5.74, 6) is -1.38. The smallest absolute Gasteiger partial charge is 0.252 e. The second kappa shape index (κ2) is 7.30. The van der Waals surface area contributed by atoms with Gasteiger partial charge in [-0.3, -0.25) is 9.00 Å². The topological polar surface area (TPSA) is 106 Å². The van der Waals surface area contributed by atoms with Gasteiger partial charge in [-0.2, -0.15) is 0 Å². The number of hydrogen-bond acceptors (Lipinski definition) is 4. The summed E-state index contributed by atoms with van der Waals surface area (Å²) < 4.78 is 46.8. The lowest BCUT2D eigenvalue weighted by atomic mass is 10.2. The molecule has 1 aromatic rings. The van der Waals surface area contributed by atoms with Crippen molar-refractivity contribution in [3.05, 3.63) is 28.5 Å². The molecule has 0 spiro atoms. The quantitative estimate of drug-likeness (QED) is 0.729. The van der Waals surface area contributed by atoms with Gasteiger partial charge in [0, 0.05) is 29.4 Å². The molecule has 0 radical (unpaired) electrons. The maximum absolute atomic E-state index is 13.6. The molecular weight excluding hydrogens is 343 g/mol. The van der Waals surface area contributed by atoms with Crippen molar-refractivity contribution < 1.29 is 21.8 Å². The molecule has 1 aromatic carbocycles. The minimum absolute atomic E-state index is 0.204. The van der Waals surface area contributed by atoms with Crippen LogP contribution in [-0.2, 0) is 20.8 Å². The molecule has 21 heavy (non-hydrogen) atoms. The summed E-state index contributed by atoms with van der Waals surface area (Å²) in [6, 6.07) is 1.56. The third-order valence-corrected chi connectivity index (χ3v) is 4.61. The molecule has 6 nitrogen and oxygen atoms in total. The normalized spacial score (nSPS) is 13.0. The van der Waals surface area contributed by atoms with Crippen LogP contribution in [0.1, 0.15) is 16.8 Å². The molecule has 1 rings (SSSR count). The lowest BCUT2D eigenvalue weighted by Crippen LogP contribution is -2.26. The van der Waals surface area contributed by atoms with E-state index < -0.39 is 42.5 Å². The number of hydrogen-bond donors (Lipinski definition) is 2. The largest absolute Gasteiger partial charge is 0.352 e. The van der Waals surface area contributed by atoms with Gasteiger partial charge in [-0.1, -0.05) is 11.6 Å². The van der Waals surface area contributed by atoms with Crippen LogP contribution in [0.3, 0.4) is 0 Å². The van der Waals surface area contributed by atoms with E-state index in [1.807, 2.05) is 0 Å². The second-order valence-electron chi connectivity index (χ2n) is 4.20. The highest BCUT2D eigenvalue weighted by atomic mass is 35.5. The lowest BCUT2D eigenvalue weighted by Gasteiger charge is -2.09. The molecule has 0 aliphatic carbocycles. The van der Waals surface area contributed by atoms with Gasteiger partial charge in [0.25, 0.3) is 5.91 Å². The number of primary sulfonamides is 1. The molecule has 1 amide bonds. The highest BCUT2D eigenvalue weighted by molar-refractivity contribution is 7.89. The number of carbonyl (C=O) groups excluding carboxylic acids is 1. The third kappa shape index (κ3) is 5.34. The number of nitrogens with two attached hydrogens (primary N) is 1. The minimum Gasteiger partial charge on any atom is -0.352 e. The number of amides is 1. The Balaban J connectivity index is 2.93. The van der Waals surface area contributed by atoms with Crippen molar-refractivity contribution in [1.82, 2.24) is 5.32 Å². The van der Waals surface area contributed by atoms with Crippen molar-refractivity contribution in [2.75, 3.05) is 18.6 Å². The second-order valence-corrected chi connectivity index (χ2v) is 7.69. The summed E-state index contributed by atoms with van der Waals surface area (Å²) in [5.41, 5.74) is -0.321. The Hall–Kier alpha value is -1.03. The van der Waals surface area contributed by atoms with Gasteiger partial charge in [0.1, 0.15) is 5.82 Å². The molecule has 3 N–H and O–H groups in total. The average Bonchev–Trinajstić information content (AvgIpc) is 2.35. The monoisotopic (exact) mass is 356 g/mol. The lowest BCUT2D eigenvalue weighted by molar-refractivity contribution is 0.0953. The van der Waals surface area contributed by atoms with Crippen LogP contribution in [0.25, 0.3) is 0 Å². The zero-order valence-electron chi connectivity index (χ0n) is 11.1. The van der Waals surface area contributed by atoms with Crippen molar-refractivity contribution in [3.63, 3.8) is 0 Å². The molecule has 10 heteroatoms. The Morgan fingerprint density at radius 1 is 1.48 bits per heavy atom. The molecule has 0 bridgehead atoms. The Kier molecular flexibility index (Phi) is 6.26. The predicted molar refractivity (Wildman–Crippen MR) is 78.7 cm³/mol. The van der Waals surface area contributed by atoms with Crippen LogP contribution in [0, 0.1) is 5.82 Å². The summed E-state index contributed by atoms with van der Waals surface area (Å²) in [4.78, 5) is 11.3. The van der Waals surface area contributed by atoms with Crippen molar-refractivity contribution >= 4 is 38.3 Å². The summed E-state index contributed by atoms with van der Waals surface area (Å²) in [6.07, 6.45) is 1.99. The fourth-order valence-electron chi connectivity index (χ4n) is 1.47. The summed E-state index contributed by atoms with van der Waals surface area (Å²) >= 11 is 5.65. The van der Waals surface area contributed by atoms with Crippen molar-refractivity contribution in [1.29, 1.82) is 0 Å². The van der Waals surface area contributed by atoms with E-state index in [0.717, 1.165) is 6.07 Å². The first kappa shape index (κ1) is 18.0. The number of carbonyl (C=O) groups is 1. The SMILES string of the molecule is CS(=O)CCCNC(=O)c1cc(S(N)(=O)=O)cc(F)c1Cl. The van der Waals surface area contributed by atoms with Gasteiger partial charge in [0.05, 0.1) is 15.5 Å². The highest BCUT2D eigenvalue weighted by Crippen LogP contribution is 2.23. The Bertz CT molecular complexity index is 679. The van der Waals surface area contributed by atoms with Crippen LogP contribution in [0.15, 0.2) is 17.0 Å². The maximum atomic E-state index is 13.6. The molecule has 0 aliphatic heterocycles. The summed E-state index contributed by atoms with van der Waals surface area (Å²) in [6.45, 7) is 0.204. The zero-order chi connectivity index (χ0) is 16.2. The van der Waals surface area contributed by atoms with Gasteiger partial charge >= 0.3 is 0 Å². The first-order valence-corrected chi connectivity index (χ1v) is 9.38. The van der Waals surface area contributed by atoms with E-state index in [2.05, 4.69) is 5.32 Å². The highest BCUT2D eigenvalue weighted by Gasteiger charge is 2.19. The Labute approximate surface area is 129 Å². The molecule has 1 unspecified atom stereocenters. The van der Waals surface area contributed by atoms with E-state index in [1.165, 1.54) is 6.26 Å². The van der Waals surface area contributed by atoms with E-state index in [-0.39, 0.29) is 12.1 Å². The summed E-state index contributed by atoms with van der Waals surface area (Å²) in [7, 11) is -5.13. The standard InChI is InChI=1S/C11H14ClFN2O4S2/c1-20(17)4-2-3-15-11(16)8-5-7(21(14,18)19)6-9(13)10(8)12/h5-6H,2-4H2,1H3,(H,15,16)(H2,14,18,19). The maximum Gasteiger partial charge on any atom is 0.252 e. The Morgan fingerprint density at radius 3 is 2.62 bits per heavy atom. The molecule has 0 aliphatic rings. The molecular formula is C11H14ClFN2O4S2. The van der Waals surface area contributed by atoms with Gasteiger partial charge in [-0.15, -0.1) is 0 Å². The van der Waals surface area contributed by atoms with Crippen LogP contribution in [0.2, 0.25) is 5.02 Å². The van der Waals surface area contributed by atoms with Gasteiger partial charge in [-0.25, -0.2) is 17.9 Å². The van der Waals surface area contributed by atoms with E-state index in [0.29, 0.717) is 18.2 Å². The van der Waals surface area contributed by atoms with E-state index in [4.69, 9.17) is 16.7 Å². The molecule has 0 fully saturated rings. The molecule has 118 valence electrons. The van der Waals surface area contributed by atoms with Gasteiger partial charge < -0.3 is 5.32 Å². The van der Waals surface area contributed by atoms with Gasteiger partial charge in [0.15, 0.2) is 0 Å². The van der Waals surface area contributed by atoms with Crippen molar-refractivity contribution in [2.24, 2.45) is 5.14 Å². The molecule has 0 saturated carbocycles. The van der Waals surface area contributed by atoms with E-state index in [1.54, 1.807) is 0 Å². The molecule has 0 aromatic heterocycles. The third-order valence-electron chi connectivity index (χ3n) is 2.47. The average molecular weight is 357 g/mol. The number of halogens is 2.